The van der Waals surface area contributed by atoms with Crippen LogP contribution in [0.25, 0.3) is 0 Å². The first-order chi connectivity index (χ1) is 9.88. The van der Waals surface area contributed by atoms with E-state index in [4.69, 9.17) is 9.47 Å². The number of allylic oxidation sites excluding steroid dienone is 1. The topological polar surface area (TPSA) is 18.5 Å². The van der Waals surface area contributed by atoms with Gasteiger partial charge in [-0.15, -0.1) is 0 Å². The first-order valence-electron chi connectivity index (χ1n) is 6.87. The van der Waals surface area contributed by atoms with Crippen LogP contribution in [0, 0.1) is 5.92 Å². The van der Waals surface area contributed by atoms with Crippen molar-refractivity contribution in [2.45, 2.75) is 6.92 Å². The summed E-state index contributed by atoms with van der Waals surface area (Å²) in [6.07, 6.45) is 4.15. The van der Waals surface area contributed by atoms with Gasteiger partial charge >= 0.3 is 0 Å². The van der Waals surface area contributed by atoms with Crippen LogP contribution in [0.5, 0.6) is 11.5 Å². The number of rotatable bonds is 7. The van der Waals surface area contributed by atoms with Crippen molar-refractivity contribution in [3.05, 3.63) is 72.8 Å². The quantitative estimate of drug-likeness (QED) is 0.696. The summed E-state index contributed by atoms with van der Waals surface area (Å²) in [4.78, 5) is 0. The first kappa shape index (κ1) is 14.2. The molecule has 0 aliphatic heterocycles. The van der Waals surface area contributed by atoms with E-state index in [1.807, 2.05) is 73.7 Å². The predicted octanol–water partition coefficient (Wildman–Crippen LogP) is 4.34. The lowest BCUT2D eigenvalue weighted by molar-refractivity contribution is 0.204. The molecule has 2 aromatic rings. The van der Waals surface area contributed by atoms with Crippen LogP contribution >= 0.6 is 0 Å². The van der Waals surface area contributed by atoms with E-state index in [1.54, 1.807) is 0 Å². The van der Waals surface area contributed by atoms with E-state index in [0.29, 0.717) is 13.2 Å². The molecule has 0 aliphatic carbocycles. The lowest BCUT2D eigenvalue weighted by atomic mass is 10.1. The van der Waals surface area contributed by atoms with E-state index in [9.17, 15) is 0 Å². The molecule has 0 amide bonds. The van der Waals surface area contributed by atoms with Crippen LogP contribution in [0.1, 0.15) is 6.92 Å². The van der Waals surface area contributed by atoms with Crippen molar-refractivity contribution in [2.75, 3.05) is 13.2 Å². The van der Waals surface area contributed by atoms with E-state index in [-0.39, 0.29) is 5.92 Å². The number of hydrogen-bond donors (Lipinski definition) is 0. The Balaban J connectivity index is 1.84. The monoisotopic (exact) mass is 268 g/mol. The van der Waals surface area contributed by atoms with Gasteiger partial charge in [0.05, 0.1) is 13.2 Å². The Hall–Kier alpha value is -2.22. The summed E-state index contributed by atoms with van der Waals surface area (Å²) < 4.78 is 11.6. The Morgan fingerprint density at radius 2 is 1.25 bits per heavy atom. The number of hydrogen-bond acceptors (Lipinski definition) is 2. The summed E-state index contributed by atoms with van der Waals surface area (Å²) in [7, 11) is 0. The van der Waals surface area contributed by atoms with Crippen LogP contribution in [0.2, 0.25) is 0 Å². The zero-order chi connectivity index (χ0) is 14.0. The van der Waals surface area contributed by atoms with Gasteiger partial charge in [-0.25, -0.2) is 0 Å². The molecule has 0 N–H and O–H groups in total. The molecule has 0 heterocycles. The molecule has 0 saturated carbocycles. The largest absolute Gasteiger partial charge is 0.493 e. The van der Waals surface area contributed by atoms with Crippen molar-refractivity contribution in [2.24, 2.45) is 5.92 Å². The second-order valence-electron chi connectivity index (χ2n) is 4.53. The van der Waals surface area contributed by atoms with E-state index in [0.717, 1.165) is 11.5 Å². The van der Waals surface area contributed by atoms with Crippen molar-refractivity contribution in [1.82, 2.24) is 0 Å². The van der Waals surface area contributed by atoms with Gasteiger partial charge in [-0.3, -0.25) is 0 Å². The summed E-state index contributed by atoms with van der Waals surface area (Å²) >= 11 is 0. The molecule has 20 heavy (non-hydrogen) atoms. The van der Waals surface area contributed by atoms with Gasteiger partial charge in [0, 0.05) is 5.92 Å². The van der Waals surface area contributed by atoms with E-state index < -0.39 is 0 Å². The summed E-state index contributed by atoms with van der Waals surface area (Å²) in [6, 6.07) is 19.7. The molecule has 2 nitrogen and oxygen atoms in total. The smallest absolute Gasteiger partial charge is 0.119 e. The second kappa shape index (κ2) is 8.05. The zero-order valence-electron chi connectivity index (χ0n) is 11.7. The average molecular weight is 268 g/mol. The molecule has 2 heteroatoms. The van der Waals surface area contributed by atoms with Gasteiger partial charge < -0.3 is 9.47 Å². The minimum atomic E-state index is 0.236. The van der Waals surface area contributed by atoms with Gasteiger partial charge in [-0.2, -0.15) is 0 Å². The molecule has 0 atom stereocenters. The van der Waals surface area contributed by atoms with Gasteiger partial charge in [-0.1, -0.05) is 48.6 Å². The van der Waals surface area contributed by atoms with Crippen molar-refractivity contribution < 1.29 is 9.47 Å². The number of benzene rings is 2. The molecule has 0 spiro atoms. The second-order valence-corrected chi connectivity index (χ2v) is 4.53. The van der Waals surface area contributed by atoms with Crippen LogP contribution in [0.3, 0.4) is 0 Å². The highest BCUT2D eigenvalue weighted by Crippen LogP contribution is 2.13. The average Bonchev–Trinajstić information content (AvgIpc) is 2.52. The Kier molecular flexibility index (Phi) is 5.71. The highest BCUT2D eigenvalue weighted by atomic mass is 16.5. The molecular formula is C18H20O2. The van der Waals surface area contributed by atoms with Gasteiger partial charge in [-0.05, 0) is 31.2 Å². The van der Waals surface area contributed by atoms with Gasteiger partial charge in [0.2, 0.25) is 0 Å². The fourth-order valence-corrected chi connectivity index (χ4v) is 1.87. The Labute approximate surface area is 120 Å². The standard InChI is InChI=1S/C18H20O2/c1-2-9-16(14-19-17-10-5-3-6-11-17)15-20-18-12-7-4-8-13-18/h2-13,16H,14-15H2,1H3. The normalized spacial score (nSPS) is 10.9. The lowest BCUT2D eigenvalue weighted by Crippen LogP contribution is -2.17. The van der Waals surface area contributed by atoms with Crippen LogP contribution in [-0.4, -0.2) is 13.2 Å². The minimum absolute atomic E-state index is 0.236. The third kappa shape index (κ3) is 4.81. The van der Waals surface area contributed by atoms with E-state index >= 15 is 0 Å². The summed E-state index contributed by atoms with van der Waals surface area (Å²) in [5.41, 5.74) is 0. The maximum absolute atomic E-state index is 5.78. The summed E-state index contributed by atoms with van der Waals surface area (Å²) in [5, 5.41) is 0. The fraction of sp³-hybridized carbons (Fsp3) is 0.222. The molecule has 2 rings (SSSR count). The highest BCUT2D eigenvalue weighted by molar-refractivity contribution is 5.22. The summed E-state index contributed by atoms with van der Waals surface area (Å²) in [6.45, 7) is 3.24. The van der Waals surface area contributed by atoms with Gasteiger partial charge in [0.25, 0.3) is 0 Å². The molecule has 0 unspecified atom stereocenters. The predicted molar refractivity (Wildman–Crippen MR) is 82.2 cm³/mol. The van der Waals surface area contributed by atoms with Gasteiger partial charge in [0.1, 0.15) is 11.5 Å². The fourth-order valence-electron chi connectivity index (χ4n) is 1.87. The molecule has 0 aliphatic rings. The lowest BCUT2D eigenvalue weighted by Gasteiger charge is -2.15. The molecule has 0 radical (unpaired) electrons. The van der Waals surface area contributed by atoms with Crippen molar-refractivity contribution in [1.29, 1.82) is 0 Å². The SMILES string of the molecule is CC=CC(COc1ccccc1)COc1ccccc1. The Bertz CT molecular complexity index is 462. The van der Waals surface area contributed by atoms with Crippen LogP contribution < -0.4 is 9.47 Å². The van der Waals surface area contributed by atoms with Crippen molar-refractivity contribution in [3.8, 4) is 11.5 Å². The van der Waals surface area contributed by atoms with E-state index in [1.165, 1.54) is 0 Å². The van der Waals surface area contributed by atoms with Crippen molar-refractivity contribution in [3.63, 3.8) is 0 Å². The molecule has 0 saturated heterocycles. The first-order valence-corrected chi connectivity index (χ1v) is 6.87. The maximum atomic E-state index is 5.78. The maximum Gasteiger partial charge on any atom is 0.119 e. The Morgan fingerprint density at radius 3 is 1.65 bits per heavy atom. The molecule has 0 aromatic heterocycles. The van der Waals surface area contributed by atoms with Crippen molar-refractivity contribution >= 4 is 0 Å². The zero-order valence-corrected chi connectivity index (χ0v) is 11.7. The van der Waals surface area contributed by atoms with Crippen LogP contribution in [0.15, 0.2) is 72.8 Å². The van der Waals surface area contributed by atoms with Gasteiger partial charge in [0.15, 0.2) is 0 Å². The third-order valence-electron chi connectivity index (χ3n) is 2.88. The minimum Gasteiger partial charge on any atom is -0.493 e. The molecular weight excluding hydrogens is 248 g/mol. The van der Waals surface area contributed by atoms with Crippen LogP contribution in [0.4, 0.5) is 0 Å². The molecule has 2 aromatic carbocycles. The molecule has 104 valence electrons. The Morgan fingerprint density at radius 1 is 0.800 bits per heavy atom. The molecule has 0 fully saturated rings. The highest BCUT2D eigenvalue weighted by Gasteiger charge is 2.07. The van der Waals surface area contributed by atoms with E-state index in [2.05, 4.69) is 6.08 Å². The number of para-hydroxylation sites is 2. The number of ether oxygens (including phenoxy) is 2. The van der Waals surface area contributed by atoms with Crippen LogP contribution in [-0.2, 0) is 0 Å². The third-order valence-corrected chi connectivity index (χ3v) is 2.88. The molecule has 0 bridgehead atoms. The summed E-state index contributed by atoms with van der Waals surface area (Å²) in [5.74, 6) is 2.02.